The molecule has 2 aromatic carbocycles. The molecule has 2 atom stereocenters. The summed E-state index contributed by atoms with van der Waals surface area (Å²) in [6.07, 6.45) is 7.07. The molecule has 0 N–H and O–H groups in total. The lowest BCUT2D eigenvalue weighted by Crippen LogP contribution is -2.35. The van der Waals surface area contributed by atoms with Gasteiger partial charge in [-0.3, -0.25) is 9.78 Å². The van der Waals surface area contributed by atoms with Crippen LogP contribution in [0.25, 0.3) is 0 Å². The Bertz CT molecular complexity index is 1170. The molecule has 184 valence electrons. The lowest BCUT2D eigenvalue weighted by Gasteiger charge is -2.35. The first-order valence-corrected chi connectivity index (χ1v) is 12.7. The fourth-order valence-corrected chi connectivity index (χ4v) is 5.95. The van der Waals surface area contributed by atoms with E-state index in [1.54, 1.807) is 0 Å². The van der Waals surface area contributed by atoms with Gasteiger partial charge in [-0.25, -0.2) is 0 Å². The van der Waals surface area contributed by atoms with Gasteiger partial charge < -0.3 is 9.80 Å². The summed E-state index contributed by atoms with van der Waals surface area (Å²) >= 11 is 12.7. The minimum absolute atomic E-state index is 0. The van der Waals surface area contributed by atoms with E-state index in [4.69, 9.17) is 23.2 Å². The maximum absolute atomic E-state index is 13.0. The Hall–Kier alpha value is -2.11. The summed E-state index contributed by atoms with van der Waals surface area (Å²) < 4.78 is 0. The number of pyridine rings is 1. The zero-order valence-corrected chi connectivity index (χ0v) is 22.1. The number of hydrogen-bond donors (Lipinski definition) is 0. The van der Waals surface area contributed by atoms with E-state index in [0.717, 1.165) is 55.6 Å². The van der Waals surface area contributed by atoms with Gasteiger partial charge >= 0.3 is 0 Å². The fourth-order valence-electron chi connectivity index (χ4n) is 5.64. The number of rotatable bonds is 6. The topological polar surface area (TPSA) is 36.4 Å². The van der Waals surface area contributed by atoms with Crippen LogP contribution in [0.4, 0.5) is 0 Å². The highest BCUT2D eigenvalue weighted by atomic mass is 35.5. The Kier molecular flexibility index (Phi) is 8.38. The molecule has 0 bridgehead atoms. The molecule has 2 aliphatic heterocycles. The summed E-state index contributed by atoms with van der Waals surface area (Å²) in [7, 11) is 1.91. The SMILES string of the molecule is CN1C(=O)c2ccccc2[C@H]1[C@@H](CCN1CCC(c2cccnc2)CC1)c1ccc(Cl)c(Cl)c1.Cl. The Labute approximate surface area is 223 Å². The second kappa shape index (κ2) is 11.3. The highest BCUT2D eigenvalue weighted by Gasteiger charge is 2.39. The zero-order valence-electron chi connectivity index (χ0n) is 19.7. The summed E-state index contributed by atoms with van der Waals surface area (Å²) in [6, 6.07) is 18.1. The van der Waals surface area contributed by atoms with Crippen molar-refractivity contribution in [2.75, 3.05) is 26.7 Å². The molecule has 1 saturated heterocycles. The number of amides is 1. The smallest absolute Gasteiger partial charge is 0.254 e. The molecule has 0 aliphatic carbocycles. The van der Waals surface area contributed by atoms with Gasteiger partial charge in [-0.1, -0.05) is 53.5 Å². The summed E-state index contributed by atoms with van der Waals surface area (Å²) in [6.45, 7) is 3.12. The molecule has 1 fully saturated rings. The highest BCUT2D eigenvalue weighted by molar-refractivity contribution is 6.42. The van der Waals surface area contributed by atoms with E-state index in [1.165, 1.54) is 5.56 Å². The number of likely N-dealkylation sites (tertiary alicyclic amines) is 1. The molecule has 0 spiro atoms. The van der Waals surface area contributed by atoms with Crippen LogP contribution in [-0.2, 0) is 0 Å². The number of hydrogen-bond acceptors (Lipinski definition) is 3. The van der Waals surface area contributed by atoms with Crippen molar-refractivity contribution in [3.63, 3.8) is 0 Å². The molecule has 0 radical (unpaired) electrons. The second-order valence-electron chi connectivity index (χ2n) is 9.42. The van der Waals surface area contributed by atoms with Crippen LogP contribution < -0.4 is 0 Å². The van der Waals surface area contributed by atoms with E-state index in [2.05, 4.69) is 28.1 Å². The van der Waals surface area contributed by atoms with Gasteiger partial charge in [0.05, 0.1) is 16.1 Å². The first-order chi connectivity index (χ1) is 16.5. The Morgan fingerprint density at radius 3 is 2.51 bits per heavy atom. The monoisotopic (exact) mass is 529 g/mol. The number of likely N-dealkylation sites (N-methyl/N-ethyl adjacent to an activating group) is 1. The molecule has 2 aliphatic rings. The molecule has 3 aromatic rings. The molecular formula is C28H30Cl3N3O. The van der Waals surface area contributed by atoms with E-state index in [-0.39, 0.29) is 30.3 Å². The minimum atomic E-state index is -0.0196. The van der Waals surface area contributed by atoms with Crippen molar-refractivity contribution in [3.05, 3.63) is 99.3 Å². The van der Waals surface area contributed by atoms with Gasteiger partial charge in [0.15, 0.2) is 0 Å². The van der Waals surface area contributed by atoms with Crippen LogP contribution in [0.2, 0.25) is 10.0 Å². The first kappa shape index (κ1) is 26.0. The lowest BCUT2D eigenvalue weighted by atomic mass is 9.84. The molecule has 0 unspecified atom stereocenters. The Morgan fingerprint density at radius 2 is 1.80 bits per heavy atom. The third-order valence-corrected chi connectivity index (χ3v) is 8.24. The van der Waals surface area contributed by atoms with Crippen LogP contribution in [0.1, 0.15) is 64.2 Å². The number of benzene rings is 2. The average molecular weight is 531 g/mol. The Balaban J connectivity index is 0.00000289. The number of aromatic nitrogens is 1. The van der Waals surface area contributed by atoms with Gasteiger partial charge in [-0.15, -0.1) is 12.4 Å². The number of halogens is 3. The maximum atomic E-state index is 13.0. The summed E-state index contributed by atoms with van der Waals surface area (Å²) in [5, 5.41) is 1.11. The van der Waals surface area contributed by atoms with E-state index in [9.17, 15) is 4.79 Å². The van der Waals surface area contributed by atoms with Crippen LogP contribution in [0.15, 0.2) is 67.0 Å². The first-order valence-electron chi connectivity index (χ1n) is 12.0. The number of carbonyl (C=O) groups excluding carboxylic acids is 1. The number of piperidine rings is 1. The van der Waals surface area contributed by atoms with E-state index < -0.39 is 0 Å². The summed E-state index contributed by atoms with van der Waals surface area (Å²) in [5.41, 5.74) is 4.37. The van der Waals surface area contributed by atoms with Crippen molar-refractivity contribution >= 4 is 41.5 Å². The fraction of sp³-hybridized carbons (Fsp3) is 0.357. The van der Waals surface area contributed by atoms with Crippen molar-refractivity contribution < 1.29 is 4.79 Å². The third kappa shape index (κ3) is 5.36. The van der Waals surface area contributed by atoms with Crippen molar-refractivity contribution in [2.45, 2.75) is 37.1 Å². The van der Waals surface area contributed by atoms with Crippen molar-refractivity contribution in [1.29, 1.82) is 0 Å². The molecule has 3 heterocycles. The van der Waals surface area contributed by atoms with E-state index >= 15 is 0 Å². The largest absolute Gasteiger partial charge is 0.334 e. The molecule has 1 aromatic heterocycles. The maximum Gasteiger partial charge on any atom is 0.254 e. The van der Waals surface area contributed by atoms with Crippen LogP contribution in [0, 0.1) is 0 Å². The van der Waals surface area contributed by atoms with Gasteiger partial charge in [0.25, 0.3) is 5.91 Å². The predicted molar refractivity (Wildman–Crippen MR) is 145 cm³/mol. The molecule has 0 saturated carbocycles. The number of fused-ring (bicyclic) bond motifs is 1. The molecular weight excluding hydrogens is 501 g/mol. The summed E-state index contributed by atoms with van der Waals surface area (Å²) in [4.78, 5) is 21.7. The third-order valence-electron chi connectivity index (χ3n) is 7.50. The summed E-state index contributed by atoms with van der Waals surface area (Å²) in [5.74, 6) is 0.799. The van der Waals surface area contributed by atoms with Crippen molar-refractivity contribution in [1.82, 2.24) is 14.8 Å². The molecule has 1 amide bonds. The quantitative estimate of drug-likeness (QED) is 0.344. The van der Waals surface area contributed by atoms with Crippen molar-refractivity contribution in [2.24, 2.45) is 0 Å². The van der Waals surface area contributed by atoms with Gasteiger partial charge in [0.2, 0.25) is 0 Å². The van der Waals surface area contributed by atoms with Crippen LogP contribution >= 0.6 is 35.6 Å². The normalized spacial score (nSPS) is 19.3. The molecule has 7 heteroatoms. The van der Waals surface area contributed by atoms with Gasteiger partial charge in [0.1, 0.15) is 0 Å². The Morgan fingerprint density at radius 1 is 1.03 bits per heavy atom. The van der Waals surface area contributed by atoms with Crippen molar-refractivity contribution in [3.8, 4) is 0 Å². The molecule has 4 nitrogen and oxygen atoms in total. The highest BCUT2D eigenvalue weighted by Crippen LogP contribution is 2.45. The molecule has 5 rings (SSSR count). The number of carbonyl (C=O) groups is 1. The lowest BCUT2D eigenvalue weighted by molar-refractivity contribution is 0.0746. The zero-order chi connectivity index (χ0) is 23.7. The van der Waals surface area contributed by atoms with E-state index in [1.807, 2.05) is 60.7 Å². The minimum Gasteiger partial charge on any atom is -0.334 e. The number of nitrogens with zero attached hydrogens (tertiary/aromatic N) is 3. The standard InChI is InChI=1S/C28H29Cl2N3O.ClH/c1-32-27(23-6-2-3-7-24(23)28(32)34)22(20-8-9-25(29)26(30)17-20)12-16-33-14-10-19(11-15-33)21-5-4-13-31-18-21;/h2-9,13,17-19,22,27H,10-12,14-16H2,1H3;1H/t22-,27+;/m0./s1. The van der Waals surface area contributed by atoms with Gasteiger partial charge in [-0.2, -0.15) is 0 Å². The van der Waals surface area contributed by atoms with Crippen LogP contribution in [0.5, 0.6) is 0 Å². The predicted octanol–water partition coefficient (Wildman–Crippen LogP) is 6.99. The second-order valence-corrected chi connectivity index (χ2v) is 10.2. The molecule has 35 heavy (non-hydrogen) atoms. The van der Waals surface area contributed by atoms with E-state index in [0.29, 0.717) is 16.0 Å². The van der Waals surface area contributed by atoms with Gasteiger partial charge in [0, 0.05) is 30.9 Å². The van der Waals surface area contributed by atoms with Crippen LogP contribution in [0.3, 0.4) is 0 Å². The average Bonchev–Trinajstić information content (AvgIpc) is 3.12. The van der Waals surface area contributed by atoms with Gasteiger partial charge in [-0.05, 0) is 85.8 Å². The van der Waals surface area contributed by atoms with Crippen LogP contribution in [-0.4, -0.2) is 47.4 Å².